The minimum Gasteiger partial charge on any atom is -0.391 e. The molecule has 4 nitrogen and oxygen atoms in total. The summed E-state index contributed by atoms with van der Waals surface area (Å²) in [5, 5.41) is 15.4. The summed E-state index contributed by atoms with van der Waals surface area (Å²) in [5.74, 6) is 0.196. The molecule has 0 bridgehead atoms. The molecule has 1 aromatic rings. The minimum absolute atomic E-state index is 0.196. The Morgan fingerprint density at radius 3 is 2.81 bits per heavy atom. The summed E-state index contributed by atoms with van der Waals surface area (Å²) in [5.41, 5.74) is 4.00. The van der Waals surface area contributed by atoms with Crippen molar-refractivity contribution in [2.24, 2.45) is 5.92 Å². The lowest BCUT2D eigenvalue weighted by Crippen LogP contribution is -2.41. The lowest BCUT2D eigenvalue weighted by molar-refractivity contribution is 0.114. The predicted octanol–water partition coefficient (Wildman–Crippen LogP) is 2.38. The molecule has 0 aliphatic heterocycles. The number of fused-ring (bicyclic) bond motifs is 1. The molecular formula is C17H26N2O2. The molecule has 0 fully saturated rings. The molecule has 1 aromatic carbocycles. The topological polar surface area (TPSA) is 61.4 Å². The van der Waals surface area contributed by atoms with Crippen LogP contribution in [0.4, 0.5) is 4.79 Å². The molecule has 0 radical (unpaired) electrons. The summed E-state index contributed by atoms with van der Waals surface area (Å²) in [6, 6.07) is 6.22. The molecule has 2 unspecified atom stereocenters. The van der Waals surface area contributed by atoms with E-state index in [1.807, 2.05) is 13.8 Å². The van der Waals surface area contributed by atoms with Crippen LogP contribution in [0.2, 0.25) is 0 Å². The van der Waals surface area contributed by atoms with Gasteiger partial charge in [0.15, 0.2) is 0 Å². The van der Waals surface area contributed by atoms with E-state index in [9.17, 15) is 9.90 Å². The Labute approximate surface area is 126 Å². The Bertz CT molecular complexity index is 488. The first-order valence-corrected chi connectivity index (χ1v) is 7.90. The fraction of sp³-hybridized carbons (Fsp3) is 0.588. The van der Waals surface area contributed by atoms with Crippen LogP contribution in [0.15, 0.2) is 18.2 Å². The van der Waals surface area contributed by atoms with Crippen molar-refractivity contribution in [3.63, 3.8) is 0 Å². The van der Waals surface area contributed by atoms with Crippen LogP contribution in [-0.2, 0) is 19.4 Å². The van der Waals surface area contributed by atoms with Crippen LogP contribution in [0.5, 0.6) is 0 Å². The number of hydrogen-bond acceptors (Lipinski definition) is 2. The number of nitrogens with one attached hydrogen (secondary N) is 2. The van der Waals surface area contributed by atoms with E-state index in [0.29, 0.717) is 13.1 Å². The molecule has 2 amide bonds. The predicted molar refractivity (Wildman–Crippen MR) is 84.2 cm³/mol. The number of aryl methyl sites for hydroxylation is 2. The zero-order chi connectivity index (χ0) is 15.2. The smallest absolute Gasteiger partial charge is 0.315 e. The molecule has 4 heteroatoms. The second-order valence-electron chi connectivity index (χ2n) is 5.97. The Morgan fingerprint density at radius 1 is 1.29 bits per heavy atom. The molecule has 116 valence electrons. The Balaban J connectivity index is 1.74. The van der Waals surface area contributed by atoms with Crippen LogP contribution in [0.3, 0.4) is 0 Å². The highest BCUT2D eigenvalue weighted by molar-refractivity contribution is 5.73. The van der Waals surface area contributed by atoms with Crippen LogP contribution < -0.4 is 10.6 Å². The maximum absolute atomic E-state index is 11.7. The summed E-state index contributed by atoms with van der Waals surface area (Å²) in [7, 11) is 0. The largest absolute Gasteiger partial charge is 0.391 e. The number of carbonyl (C=O) groups excluding carboxylic acids is 1. The summed E-state index contributed by atoms with van der Waals surface area (Å²) in [6.45, 7) is 4.83. The molecule has 2 atom stereocenters. The average molecular weight is 290 g/mol. The van der Waals surface area contributed by atoms with Crippen molar-refractivity contribution >= 4 is 6.03 Å². The highest BCUT2D eigenvalue weighted by atomic mass is 16.3. The third kappa shape index (κ3) is 4.46. The van der Waals surface area contributed by atoms with Crippen LogP contribution >= 0.6 is 0 Å². The second kappa shape index (κ2) is 7.46. The van der Waals surface area contributed by atoms with E-state index in [4.69, 9.17) is 0 Å². The van der Waals surface area contributed by atoms with Gasteiger partial charge in [-0.25, -0.2) is 4.79 Å². The number of aliphatic hydroxyl groups is 1. The SMILES string of the molecule is CCC(C)C(O)CNC(=O)NCc1ccc2c(c1)CCC2. The van der Waals surface area contributed by atoms with Gasteiger partial charge < -0.3 is 15.7 Å². The van der Waals surface area contributed by atoms with E-state index in [1.54, 1.807) is 0 Å². The Kier molecular flexibility index (Phi) is 5.62. The molecular weight excluding hydrogens is 264 g/mol. The average Bonchev–Trinajstić information content (AvgIpc) is 2.97. The molecule has 3 N–H and O–H groups in total. The number of hydrogen-bond donors (Lipinski definition) is 3. The van der Waals surface area contributed by atoms with Crippen molar-refractivity contribution in [2.45, 2.75) is 52.2 Å². The van der Waals surface area contributed by atoms with Crippen molar-refractivity contribution in [1.29, 1.82) is 0 Å². The molecule has 2 rings (SSSR count). The van der Waals surface area contributed by atoms with Crippen LogP contribution in [0.1, 0.15) is 43.4 Å². The normalized spacial score (nSPS) is 16.1. The highest BCUT2D eigenvalue weighted by Crippen LogP contribution is 2.22. The number of rotatable bonds is 6. The number of aliphatic hydroxyl groups excluding tert-OH is 1. The fourth-order valence-electron chi connectivity index (χ4n) is 2.65. The molecule has 0 saturated heterocycles. The van der Waals surface area contributed by atoms with Gasteiger partial charge in [0.2, 0.25) is 0 Å². The number of benzene rings is 1. The van der Waals surface area contributed by atoms with Gasteiger partial charge in [-0.1, -0.05) is 38.5 Å². The molecule has 0 spiro atoms. The monoisotopic (exact) mass is 290 g/mol. The number of urea groups is 1. The zero-order valence-electron chi connectivity index (χ0n) is 13.0. The summed E-state index contributed by atoms with van der Waals surface area (Å²) >= 11 is 0. The summed E-state index contributed by atoms with van der Waals surface area (Å²) in [4.78, 5) is 11.7. The van der Waals surface area contributed by atoms with Crippen LogP contribution in [0.25, 0.3) is 0 Å². The van der Waals surface area contributed by atoms with E-state index in [-0.39, 0.29) is 11.9 Å². The van der Waals surface area contributed by atoms with E-state index in [1.165, 1.54) is 24.0 Å². The maximum Gasteiger partial charge on any atom is 0.315 e. The van der Waals surface area contributed by atoms with E-state index in [2.05, 4.69) is 28.8 Å². The molecule has 0 heterocycles. The van der Waals surface area contributed by atoms with Gasteiger partial charge in [0.05, 0.1) is 6.10 Å². The van der Waals surface area contributed by atoms with Gasteiger partial charge in [-0.2, -0.15) is 0 Å². The first kappa shape index (κ1) is 15.8. The summed E-state index contributed by atoms with van der Waals surface area (Å²) in [6.07, 6.45) is 3.98. The summed E-state index contributed by atoms with van der Waals surface area (Å²) < 4.78 is 0. The number of carbonyl (C=O) groups is 1. The van der Waals surface area contributed by atoms with E-state index < -0.39 is 6.10 Å². The quantitative estimate of drug-likeness (QED) is 0.753. The second-order valence-corrected chi connectivity index (χ2v) is 5.97. The first-order chi connectivity index (χ1) is 10.1. The van der Waals surface area contributed by atoms with Crippen molar-refractivity contribution in [1.82, 2.24) is 10.6 Å². The van der Waals surface area contributed by atoms with Crippen molar-refractivity contribution in [3.05, 3.63) is 34.9 Å². The van der Waals surface area contributed by atoms with E-state index >= 15 is 0 Å². The third-order valence-electron chi connectivity index (χ3n) is 4.39. The van der Waals surface area contributed by atoms with Gasteiger partial charge in [-0.3, -0.25) is 0 Å². The van der Waals surface area contributed by atoms with Crippen molar-refractivity contribution in [2.75, 3.05) is 6.54 Å². The first-order valence-electron chi connectivity index (χ1n) is 7.90. The van der Waals surface area contributed by atoms with Crippen molar-refractivity contribution < 1.29 is 9.90 Å². The molecule has 0 saturated carbocycles. The van der Waals surface area contributed by atoms with Crippen molar-refractivity contribution in [3.8, 4) is 0 Å². The number of amides is 2. The molecule has 1 aliphatic carbocycles. The Morgan fingerprint density at radius 2 is 2.05 bits per heavy atom. The van der Waals surface area contributed by atoms with Crippen LogP contribution in [0, 0.1) is 5.92 Å². The molecule has 0 aromatic heterocycles. The minimum atomic E-state index is -0.485. The van der Waals surface area contributed by atoms with Gasteiger partial charge in [-0.15, -0.1) is 0 Å². The lowest BCUT2D eigenvalue weighted by Gasteiger charge is -2.17. The van der Waals surface area contributed by atoms with Gasteiger partial charge in [-0.05, 0) is 41.9 Å². The molecule has 1 aliphatic rings. The van der Waals surface area contributed by atoms with Gasteiger partial charge in [0.1, 0.15) is 0 Å². The zero-order valence-corrected chi connectivity index (χ0v) is 13.0. The lowest BCUT2D eigenvalue weighted by atomic mass is 10.0. The molecule has 21 heavy (non-hydrogen) atoms. The van der Waals surface area contributed by atoms with Crippen LogP contribution in [-0.4, -0.2) is 23.8 Å². The van der Waals surface area contributed by atoms with Gasteiger partial charge in [0, 0.05) is 13.1 Å². The third-order valence-corrected chi connectivity index (χ3v) is 4.39. The standard InChI is InChI=1S/C17H26N2O2/c1-3-12(2)16(20)11-19-17(21)18-10-13-7-8-14-5-4-6-15(14)9-13/h7-9,12,16,20H,3-6,10-11H2,1-2H3,(H2,18,19,21). The van der Waals surface area contributed by atoms with Gasteiger partial charge in [0.25, 0.3) is 0 Å². The van der Waals surface area contributed by atoms with Gasteiger partial charge >= 0.3 is 6.03 Å². The maximum atomic E-state index is 11.7. The van der Waals surface area contributed by atoms with E-state index in [0.717, 1.165) is 18.4 Å². The fourth-order valence-corrected chi connectivity index (χ4v) is 2.65. The Hall–Kier alpha value is -1.55. The highest BCUT2D eigenvalue weighted by Gasteiger charge is 2.14.